The summed E-state index contributed by atoms with van der Waals surface area (Å²) in [6.45, 7) is 2.58. The maximum absolute atomic E-state index is 13.0. The molecule has 1 saturated carbocycles. The third-order valence-corrected chi connectivity index (χ3v) is 6.85. The Kier molecular flexibility index (Phi) is 8.73. The van der Waals surface area contributed by atoms with Crippen molar-refractivity contribution in [3.8, 4) is 0 Å². The molecule has 9 heteroatoms. The molecular formula is C24H33F4N3O2. The average molecular weight is 472 g/mol. The molecule has 0 aromatic heterocycles. The van der Waals surface area contributed by atoms with Crippen molar-refractivity contribution in [3.63, 3.8) is 0 Å². The molecule has 3 rings (SSSR count). The SMILES string of the molecule is CCC1CCCN1C(=O)CNC1CCC(CNC(=O)c2cc(CF)cc(C(F)(F)F)c2)CC1. The summed E-state index contributed by atoms with van der Waals surface area (Å²) in [6.07, 6.45) is 1.95. The van der Waals surface area contributed by atoms with Gasteiger partial charge in [-0.25, -0.2) is 4.39 Å². The van der Waals surface area contributed by atoms with Gasteiger partial charge in [-0.2, -0.15) is 13.2 Å². The van der Waals surface area contributed by atoms with Crippen LogP contribution in [0.2, 0.25) is 0 Å². The van der Waals surface area contributed by atoms with Gasteiger partial charge in [0.1, 0.15) is 6.67 Å². The van der Waals surface area contributed by atoms with E-state index in [0.29, 0.717) is 19.1 Å². The van der Waals surface area contributed by atoms with E-state index in [0.717, 1.165) is 69.7 Å². The number of hydrogen-bond acceptors (Lipinski definition) is 3. The molecule has 2 aliphatic rings. The summed E-state index contributed by atoms with van der Waals surface area (Å²) in [5, 5.41) is 6.07. The largest absolute Gasteiger partial charge is 0.416 e. The normalized spacial score (nSPS) is 23.5. The highest BCUT2D eigenvalue weighted by molar-refractivity contribution is 5.94. The molecular weight excluding hydrogens is 438 g/mol. The highest BCUT2D eigenvalue weighted by atomic mass is 19.4. The van der Waals surface area contributed by atoms with Gasteiger partial charge >= 0.3 is 6.18 Å². The molecule has 1 aromatic carbocycles. The molecule has 1 aromatic rings. The number of rotatable bonds is 8. The molecule has 0 radical (unpaired) electrons. The van der Waals surface area contributed by atoms with E-state index >= 15 is 0 Å². The molecule has 1 atom stereocenters. The molecule has 1 heterocycles. The first-order valence-electron chi connectivity index (χ1n) is 11.8. The van der Waals surface area contributed by atoms with Gasteiger partial charge in [0.2, 0.25) is 5.91 Å². The molecule has 1 unspecified atom stereocenters. The number of hydrogen-bond donors (Lipinski definition) is 2. The topological polar surface area (TPSA) is 61.4 Å². The van der Waals surface area contributed by atoms with Crippen molar-refractivity contribution in [1.29, 1.82) is 0 Å². The number of halogens is 4. The van der Waals surface area contributed by atoms with Gasteiger partial charge in [-0.1, -0.05) is 6.92 Å². The van der Waals surface area contributed by atoms with Gasteiger partial charge in [0.25, 0.3) is 5.91 Å². The lowest BCUT2D eigenvalue weighted by atomic mass is 9.86. The summed E-state index contributed by atoms with van der Waals surface area (Å²) in [7, 11) is 0. The van der Waals surface area contributed by atoms with Crippen molar-refractivity contribution in [1.82, 2.24) is 15.5 Å². The highest BCUT2D eigenvalue weighted by Gasteiger charge is 2.32. The quantitative estimate of drug-likeness (QED) is 0.551. The van der Waals surface area contributed by atoms with Crippen molar-refractivity contribution >= 4 is 11.8 Å². The lowest BCUT2D eigenvalue weighted by molar-refractivity contribution is -0.137. The van der Waals surface area contributed by atoms with Crippen molar-refractivity contribution in [2.24, 2.45) is 5.92 Å². The van der Waals surface area contributed by atoms with Crippen LogP contribution in [0.5, 0.6) is 0 Å². The van der Waals surface area contributed by atoms with Crippen LogP contribution in [0.4, 0.5) is 17.6 Å². The summed E-state index contributed by atoms with van der Waals surface area (Å²) in [5.74, 6) is -0.252. The minimum absolute atomic E-state index is 0.155. The summed E-state index contributed by atoms with van der Waals surface area (Å²) in [5.41, 5.74) is -1.38. The summed E-state index contributed by atoms with van der Waals surface area (Å²) >= 11 is 0. The number of likely N-dealkylation sites (tertiary alicyclic amines) is 1. The van der Waals surface area contributed by atoms with E-state index in [1.165, 1.54) is 0 Å². The zero-order valence-electron chi connectivity index (χ0n) is 19.0. The predicted molar refractivity (Wildman–Crippen MR) is 117 cm³/mol. The van der Waals surface area contributed by atoms with Gasteiger partial charge in [0.15, 0.2) is 0 Å². The maximum Gasteiger partial charge on any atom is 0.416 e. The lowest BCUT2D eigenvalue weighted by Gasteiger charge is -2.30. The molecule has 1 aliphatic heterocycles. The van der Waals surface area contributed by atoms with Gasteiger partial charge in [-0.15, -0.1) is 0 Å². The highest BCUT2D eigenvalue weighted by Crippen LogP contribution is 2.31. The molecule has 33 heavy (non-hydrogen) atoms. The van der Waals surface area contributed by atoms with Crippen LogP contribution in [-0.4, -0.2) is 48.4 Å². The molecule has 2 fully saturated rings. The van der Waals surface area contributed by atoms with Crippen LogP contribution in [0.25, 0.3) is 0 Å². The van der Waals surface area contributed by atoms with E-state index < -0.39 is 24.3 Å². The van der Waals surface area contributed by atoms with Crippen LogP contribution in [0.15, 0.2) is 18.2 Å². The third kappa shape index (κ3) is 6.91. The van der Waals surface area contributed by atoms with E-state index in [1.54, 1.807) is 0 Å². The molecule has 1 saturated heterocycles. The molecule has 184 valence electrons. The van der Waals surface area contributed by atoms with Gasteiger partial charge in [-0.3, -0.25) is 9.59 Å². The van der Waals surface area contributed by atoms with E-state index in [-0.39, 0.29) is 29.0 Å². The lowest BCUT2D eigenvalue weighted by Crippen LogP contribution is -2.45. The van der Waals surface area contributed by atoms with Gasteiger partial charge in [0, 0.05) is 30.7 Å². The van der Waals surface area contributed by atoms with Crippen molar-refractivity contribution < 1.29 is 27.2 Å². The van der Waals surface area contributed by atoms with Crippen LogP contribution >= 0.6 is 0 Å². The number of nitrogens with zero attached hydrogens (tertiary/aromatic N) is 1. The first-order chi connectivity index (χ1) is 15.7. The van der Waals surface area contributed by atoms with Gasteiger partial charge in [-0.05, 0) is 74.6 Å². The Balaban J connectivity index is 1.42. The monoisotopic (exact) mass is 471 g/mol. The Labute approximate surface area is 192 Å². The number of carbonyl (C=O) groups is 2. The van der Waals surface area contributed by atoms with Crippen molar-refractivity contribution in [2.45, 2.75) is 76.8 Å². The zero-order chi connectivity index (χ0) is 24.0. The Hall–Kier alpha value is -2.16. The van der Waals surface area contributed by atoms with Gasteiger partial charge in [0.05, 0.1) is 12.1 Å². The number of amides is 2. The van der Waals surface area contributed by atoms with E-state index in [2.05, 4.69) is 17.6 Å². The van der Waals surface area contributed by atoms with E-state index in [4.69, 9.17) is 0 Å². The molecule has 2 N–H and O–H groups in total. The number of nitrogens with one attached hydrogen (secondary N) is 2. The van der Waals surface area contributed by atoms with Crippen LogP contribution in [0, 0.1) is 5.92 Å². The molecule has 1 aliphatic carbocycles. The second kappa shape index (κ2) is 11.3. The fourth-order valence-corrected chi connectivity index (χ4v) is 4.90. The fourth-order valence-electron chi connectivity index (χ4n) is 4.90. The minimum Gasteiger partial charge on any atom is -0.352 e. The standard InChI is InChI=1S/C24H33F4N3O2/c1-2-21-4-3-9-31(21)22(32)15-29-20-7-5-16(6-8-20)14-30-23(33)18-10-17(13-25)11-19(12-18)24(26,27)28/h10-12,16,20-21,29H,2-9,13-15H2,1H3,(H,30,33). The van der Waals surface area contributed by atoms with Gasteiger partial charge < -0.3 is 15.5 Å². The Morgan fingerprint density at radius 1 is 1.09 bits per heavy atom. The molecule has 2 amide bonds. The van der Waals surface area contributed by atoms with Crippen molar-refractivity contribution in [3.05, 3.63) is 34.9 Å². The molecule has 0 spiro atoms. The summed E-state index contributed by atoms with van der Waals surface area (Å²) in [4.78, 5) is 26.9. The third-order valence-electron chi connectivity index (χ3n) is 6.85. The van der Waals surface area contributed by atoms with E-state index in [9.17, 15) is 27.2 Å². The van der Waals surface area contributed by atoms with E-state index in [1.807, 2.05) is 4.90 Å². The van der Waals surface area contributed by atoms with Crippen LogP contribution in [0.3, 0.4) is 0 Å². The smallest absolute Gasteiger partial charge is 0.352 e. The predicted octanol–water partition coefficient (Wildman–Crippen LogP) is 4.45. The summed E-state index contributed by atoms with van der Waals surface area (Å²) in [6, 6.07) is 3.25. The zero-order valence-corrected chi connectivity index (χ0v) is 19.0. The van der Waals surface area contributed by atoms with Crippen LogP contribution < -0.4 is 10.6 Å². The average Bonchev–Trinajstić information content (AvgIpc) is 3.30. The number of alkyl halides is 4. The van der Waals surface area contributed by atoms with Crippen LogP contribution in [-0.2, 0) is 17.6 Å². The first kappa shape index (κ1) is 25.5. The number of benzene rings is 1. The Morgan fingerprint density at radius 3 is 2.45 bits per heavy atom. The Bertz CT molecular complexity index is 822. The second-order valence-corrected chi connectivity index (χ2v) is 9.15. The van der Waals surface area contributed by atoms with Crippen LogP contribution in [0.1, 0.15) is 73.4 Å². The molecule has 0 bridgehead atoms. The maximum atomic E-state index is 13.0. The second-order valence-electron chi connectivity index (χ2n) is 9.15. The molecule has 5 nitrogen and oxygen atoms in total. The first-order valence-corrected chi connectivity index (χ1v) is 11.8. The minimum atomic E-state index is -4.64. The fraction of sp³-hybridized carbons (Fsp3) is 0.667. The number of carbonyl (C=O) groups excluding carboxylic acids is 2. The Morgan fingerprint density at radius 2 is 1.82 bits per heavy atom. The summed E-state index contributed by atoms with van der Waals surface area (Å²) < 4.78 is 52.0. The van der Waals surface area contributed by atoms with Crippen molar-refractivity contribution in [2.75, 3.05) is 19.6 Å².